The molecule has 0 saturated carbocycles. The first-order valence-electron chi connectivity index (χ1n) is 5.23. The molecule has 1 rings (SSSR count). The van der Waals surface area contributed by atoms with Gasteiger partial charge in [0.2, 0.25) is 0 Å². The summed E-state index contributed by atoms with van der Waals surface area (Å²) in [5.74, 6) is -0.583. The zero-order valence-electron chi connectivity index (χ0n) is 10.1. The highest BCUT2D eigenvalue weighted by atomic mass is 79.9. The SMILES string of the molecule is COC(=O)CCN(C)C(=O)c1cccc(Br)c1Cl. The van der Waals surface area contributed by atoms with Crippen molar-refractivity contribution in [2.45, 2.75) is 6.42 Å². The lowest BCUT2D eigenvalue weighted by molar-refractivity contribution is -0.140. The molecule has 0 radical (unpaired) electrons. The van der Waals surface area contributed by atoms with Crippen LogP contribution >= 0.6 is 27.5 Å². The smallest absolute Gasteiger partial charge is 0.307 e. The number of esters is 1. The number of hydrogen-bond donors (Lipinski definition) is 0. The van der Waals surface area contributed by atoms with Crippen molar-refractivity contribution in [3.05, 3.63) is 33.3 Å². The molecule has 0 N–H and O–H groups in total. The minimum absolute atomic E-state index is 0.157. The highest BCUT2D eigenvalue weighted by Crippen LogP contribution is 2.26. The Morgan fingerprint density at radius 3 is 2.72 bits per heavy atom. The molecule has 0 aliphatic carbocycles. The number of benzene rings is 1. The van der Waals surface area contributed by atoms with Crippen LogP contribution in [0.3, 0.4) is 0 Å². The van der Waals surface area contributed by atoms with Crippen LogP contribution in [0.15, 0.2) is 22.7 Å². The Kier molecular flexibility index (Phi) is 5.62. The number of rotatable bonds is 4. The van der Waals surface area contributed by atoms with Crippen LogP contribution in [0.5, 0.6) is 0 Å². The molecule has 0 bridgehead atoms. The fraction of sp³-hybridized carbons (Fsp3) is 0.333. The predicted molar refractivity (Wildman–Crippen MR) is 72.7 cm³/mol. The van der Waals surface area contributed by atoms with Crippen molar-refractivity contribution in [2.24, 2.45) is 0 Å². The Morgan fingerprint density at radius 2 is 2.11 bits per heavy atom. The molecule has 0 fully saturated rings. The number of ether oxygens (including phenoxy) is 1. The van der Waals surface area contributed by atoms with Gasteiger partial charge in [0.25, 0.3) is 5.91 Å². The predicted octanol–water partition coefficient (Wildman–Crippen LogP) is 2.74. The van der Waals surface area contributed by atoms with Gasteiger partial charge in [-0.15, -0.1) is 0 Å². The van der Waals surface area contributed by atoms with Gasteiger partial charge in [0.05, 0.1) is 24.1 Å². The summed E-state index contributed by atoms with van der Waals surface area (Å²) >= 11 is 9.30. The normalized spacial score (nSPS) is 10.0. The molecule has 0 spiro atoms. The van der Waals surface area contributed by atoms with Crippen LogP contribution in [0, 0.1) is 0 Å². The van der Waals surface area contributed by atoms with E-state index in [1.807, 2.05) is 0 Å². The van der Waals surface area contributed by atoms with E-state index >= 15 is 0 Å². The van der Waals surface area contributed by atoms with Gasteiger partial charge in [0.15, 0.2) is 0 Å². The van der Waals surface area contributed by atoms with Crippen LogP contribution < -0.4 is 0 Å². The third-order valence-electron chi connectivity index (χ3n) is 2.41. The monoisotopic (exact) mass is 333 g/mol. The summed E-state index contributed by atoms with van der Waals surface area (Å²) in [5.41, 5.74) is 0.401. The van der Waals surface area contributed by atoms with Gasteiger partial charge in [0.1, 0.15) is 0 Å². The second kappa shape index (κ2) is 6.75. The van der Waals surface area contributed by atoms with Gasteiger partial charge < -0.3 is 9.64 Å². The molecule has 1 aromatic carbocycles. The van der Waals surface area contributed by atoms with Gasteiger partial charge in [-0.3, -0.25) is 9.59 Å². The first-order valence-corrected chi connectivity index (χ1v) is 6.40. The van der Waals surface area contributed by atoms with E-state index in [1.54, 1.807) is 25.2 Å². The first kappa shape index (κ1) is 15.0. The molecule has 0 unspecified atom stereocenters. The number of hydrogen-bond acceptors (Lipinski definition) is 3. The van der Waals surface area contributed by atoms with Crippen molar-refractivity contribution >= 4 is 39.4 Å². The number of carbonyl (C=O) groups excluding carboxylic acids is 2. The molecule has 0 saturated heterocycles. The summed E-state index contributed by atoms with van der Waals surface area (Å²) in [6.07, 6.45) is 0.157. The van der Waals surface area contributed by atoms with Crippen LogP contribution in [0.2, 0.25) is 5.02 Å². The van der Waals surface area contributed by atoms with Gasteiger partial charge in [-0.1, -0.05) is 17.7 Å². The van der Waals surface area contributed by atoms with E-state index in [0.29, 0.717) is 15.1 Å². The molecule has 98 valence electrons. The molecule has 4 nitrogen and oxygen atoms in total. The van der Waals surface area contributed by atoms with E-state index in [-0.39, 0.29) is 24.8 Å². The molecule has 0 heterocycles. The average molecular weight is 335 g/mol. The minimum Gasteiger partial charge on any atom is -0.469 e. The number of methoxy groups -OCH3 is 1. The van der Waals surface area contributed by atoms with Gasteiger partial charge in [0, 0.05) is 18.1 Å². The zero-order chi connectivity index (χ0) is 13.7. The second-order valence-electron chi connectivity index (χ2n) is 3.65. The van der Waals surface area contributed by atoms with Crippen LogP contribution in [0.25, 0.3) is 0 Å². The molecule has 18 heavy (non-hydrogen) atoms. The van der Waals surface area contributed by atoms with Crippen LogP contribution in [-0.2, 0) is 9.53 Å². The highest BCUT2D eigenvalue weighted by Gasteiger charge is 2.17. The second-order valence-corrected chi connectivity index (χ2v) is 4.89. The van der Waals surface area contributed by atoms with E-state index in [1.165, 1.54) is 12.0 Å². The van der Waals surface area contributed by atoms with Gasteiger partial charge in [-0.2, -0.15) is 0 Å². The zero-order valence-corrected chi connectivity index (χ0v) is 12.4. The number of halogens is 2. The lowest BCUT2D eigenvalue weighted by atomic mass is 10.2. The van der Waals surface area contributed by atoms with E-state index < -0.39 is 0 Å². The van der Waals surface area contributed by atoms with Crippen molar-refractivity contribution in [3.8, 4) is 0 Å². The Balaban J connectivity index is 2.74. The summed E-state index contributed by atoms with van der Waals surface area (Å²) in [6, 6.07) is 5.13. The molecular formula is C12H13BrClNO3. The number of carbonyl (C=O) groups is 2. The fourth-order valence-electron chi connectivity index (χ4n) is 1.34. The summed E-state index contributed by atoms with van der Waals surface area (Å²) in [7, 11) is 2.93. The standard InChI is InChI=1S/C12H13BrClNO3/c1-15(7-6-10(16)18-2)12(17)8-4-3-5-9(13)11(8)14/h3-5H,6-7H2,1-2H3. The van der Waals surface area contributed by atoms with Crippen molar-refractivity contribution in [2.75, 3.05) is 20.7 Å². The summed E-state index contributed by atoms with van der Waals surface area (Å²) in [6.45, 7) is 0.286. The van der Waals surface area contributed by atoms with Crippen molar-refractivity contribution in [3.63, 3.8) is 0 Å². The van der Waals surface area contributed by atoms with Gasteiger partial charge in [-0.05, 0) is 28.1 Å². The van der Waals surface area contributed by atoms with E-state index in [2.05, 4.69) is 20.7 Å². The lowest BCUT2D eigenvalue weighted by Gasteiger charge is -2.17. The molecule has 0 aliphatic rings. The molecule has 0 aromatic heterocycles. The Hall–Kier alpha value is -1.07. The number of nitrogens with zero attached hydrogens (tertiary/aromatic N) is 1. The van der Waals surface area contributed by atoms with E-state index in [0.717, 1.165) is 0 Å². The van der Waals surface area contributed by atoms with Crippen LogP contribution in [-0.4, -0.2) is 37.5 Å². The summed E-state index contributed by atoms with van der Waals surface area (Å²) in [5, 5.41) is 0.368. The highest BCUT2D eigenvalue weighted by molar-refractivity contribution is 9.10. The fourth-order valence-corrected chi connectivity index (χ4v) is 1.91. The third-order valence-corrected chi connectivity index (χ3v) is 3.70. The Labute approximate surface area is 119 Å². The van der Waals surface area contributed by atoms with Gasteiger partial charge >= 0.3 is 5.97 Å². The van der Waals surface area contributed by atoms with Crippen molar-refractivity contribution in [1.82, 2.24) is 4.90 Å². The summed E-state index contributed by atoms with van der Waals surface area (Å²) < 4.78 is 5.18. The third kappa shape index (κ3) is 3.71. The van der Waals surface area contributed by atoms with E-state index in [9.17, 15) is 9.59 Å². The average Bonchev–Trinajstić information content (AvgIpc) is 2.37. The molecule has 1 aromatic rings. The minimum atomic E-state index is -0.352. The van der Waals surface area contributed by atoms with Crippen LogP contribution in [0.1, 0.15) is 16.8 Å². The van der Waals surface area contributed by atoms with Gasteiger partial charge in [-0.25, -0.2) is 0 Å². The Morgan fingerprint density at radius 1 is 1.44 bits per heavy atom. The Bertz CT molecular complexity index is 465. The van der Waals surface area contributed by atoms with E-state index in [4.69, 9.17) is 11.6 Å². The molecule has 6 heteroatoms. The maximum absolute atomic E-state index is 12.1. The maximum Gasteiger partial charge on any atom is 0.307 e. The largest absolute Gasteiger partial charge is 0.469 e. The van der Waals surface area contributed by atoms with Crippen molar-refractivity contribution in [1.29, 1.82) is 0 Å². The topological polar surface area (TPSA) is 46.6 Å². The molecule has 0 atom stereocenters. The molecule has 1 amide bonds. The van der Waals surface area contributed by atoms with Crippen LogP contribution in [0.4, 0.5) is 0 Å². The lowest BCUT2D eigenvalue weighted by Crippen LogP contribution is -2.29. The number of amides is 1. The molecule has 0 aliphatic heterocycles. The first-order chi connectivity index (χ1) is 8.47. The maximum atomic E-state index is 12.1. The van der Waals surface area contributed by atoms with Crippen molar-refractivity contribution < 1.29 is 14.3 Å². The molecular weight excluding hydrogens is 321 g/mol. The summed E-state index contributed by atoms with van der Waals surface area (Å²) in [4.78, 5) is 24.5. The quantitative estimate of drug-likeness (QED) is 0.795.